The predicted molar refractivity (Wildman–Crippen MR) is 186 cm³/mol. The molecule has 0 saturated carbocycles. The summed E-state index contributed by atoms with van der Waals surface area (Å²) in [4.78, 5) is 0. The highest BCUT2D eigenvalue weighted by molar-refractivity contribution is 6.82. The summed E-state index contributed by atoms with van der Waals surface area (Å²) in [7, 11) is -0.258. The fourth-order valence-electron chi connectivity index (χ4n) is 7.18. The summed E-state index contributed by atoms with van der Waals surface area (Å²) in [5, 5.41) is 14.0. The van der Waals surface area contributed by atoms with Gasteiger partial charge in [-0.3, -0.25) is 0 Å². The molecule has 5 aromatic rings. The van der Waals surface area contributed by atoms with Crippen molar-refractivity contribution in [3.05, 3.63) is 108 Å². The third kappa shape index (κ3) is 5.98. The Bertz CT molecular complexity index is 1740. The Morgan fingerprint density at radius 1 is 0.773 bits per heavy atom. The van der Waals surface area contributed by atoms with Crippen molar-refractivity contribution in [1.29, 1.82) is 5.26 Å². The number of benzene rings is 4. The zero-order valence-corrected chi connectivity index (χ0v) is 27.9. The summed E-state index contributed by atoms with van der Waals surface area (Å²) in [5.74, 6) is 1.60. The van der Waals surface area contributed by atoms with E-state index >= 15 is 0 Å². The topological polar surface area (TPSA) is 59.2 Å². The Kier molecular flexibility index (Phi) is 9.17. The molecule has 1 aromatic heterocycles. The number of rotatable bonds is 11. The molecule has 226 valence electrons. The summed E-state index contributed by atoms with van der Waals surface area (Å²) < 4.78 is 14.4. The molecule has 44 heavy (non-hydrogen) atoms. The minimum absolute atomic E-state index is 0.440. The Morgan fingerprint density at radius 3 is 2.07 bits per heavy atom. The van der Waals surface area contributed by atoms with Gasteiger partial charge < -0.3 is 19.0 Å². The van der Waals surface area contributed by atoms with Gasteiger partial charge in [-0.2, -0.15) is 5.26 Å². The van der Waals surface area contributed by atoms with Crippen molar-refractivity contribution >= 4 is 30.5 Å². The summed E-state index contributed by atoms with van der Waals surface area (Å²) >= 11 is 0. The number of anilines is 2. The van der Waals surface area contributed by atoms with Gasteiger partial charge in [-0.05, 0) is 100 Å². The third-order valence-corrected chi connectivity index (χ3v) is 15.8. The lowest BCUT2D eigenvalue weighted by Gasteiger charge is -2.44. The van der Waals surface area contributed by atoms with E-state index in [0.717, 1.165) is 34.0 Å². The molecule has 1 N–H and O–H groups in total. The molecule has 0 amide bonds. The zero-order valence-electron chi connectivity index (χ0n) is 26.9. The van der Waals surface area contributed by atoms with Gasteiger partial charge in [0.05, 0.1) is 18.7 Å². The third-order valence-electron chi connectivity index (χ3n) is 9.01. The van der Waals surface area contributed by atoms with Crippen LogP contribution >= 0.6 is 0 Å². The van der Waals surface area contributed by atoms with Gasteiger partial charge >= 0.3 is 0 Å². The van der Waals surface area contributed by atoms with Crippen LogP contribution in [-0.2, 0) is 6.61 Å². The summed E-state index contributed by atoms with van der Waals surface area (Å²) in [5.41, 5.74) is 8.88. The van der Waals surface area contributed by atoms with Crippen LogP contribution in [0.25, 0.3) is 22.0 Å². The Morgan fingerprint density at radius 2 is 1.45 bits per heavy atom. The summed E-state index contributed by atoms with van der Waals surface area (Å²) in [6, 6.07) is 33.0. The number of nitriles is 1. The van der Waals surface area contributed by atoms with E-state index in [1.807, 2.05) is 54.6 Å². The van der Waals surface area contributed by atoms with Gasteiger partial charge in [0.2, 0.25) is 0 Å². The molecule has 0 atom stereocenters. The summed E-state index contributed by atoms with van der Waals surface area (Å²) in [6.45, 7) is 14.9. The number of aromatic nitrogens is 1. The molecule has 5 nitrogen and oxygen atoms in total. The van der Waals surface area contributed by atoms with Crippen molar-refractivity contribution in [2.24, 2.45) is 0 Å². The first-order valence-electron chi connectivity index (χ1n) is 15.5. The lowest BCUT2D eigenvalue weighted by Crippen LogP contribution is -2.51. The average Bonchev–Trinajstić information content (AvgIpc) is 3.44. The Labute approximate surface area is 263 Å². The number of nitrogens with one attached hydrogen (secondary N) is 1. The normalized spacial score (nSPS) is 11.8. The highest BCUT2D eigenvalue weighted by Gasteiger charge is 2.45. The van der Waals surface area contributed by atoms with Gasteiger partial charge in [0.25, 0.3) is 0 Å². The van der Waals surface area contributed by atoms with Crippen LogP contribution in [0.3, 0.4) is 0 Å². The fourth-order valence-corrected chi connectivity index (χ4v) is 13.8. The van der Waals surface area contributed by atoms with Crippen molar-refractivity contribution in [3.8, 4) is 28.7 Å². The molecular formula is C38H43N3O2Si. The lowest BCUT2D eigenvalue weighted by molar-refractivity contribution is 0.306. The minimum atomic E-state index is -1.93. The number of nitrogens with zero attached hydrogens (tertiary/aromatic N) is 2. The van der Waals surface area contributed by atoms with Crippen LogP contribution in [0.2, 0.25) is 16.6 Å². The van der Waals surface area contributed by atoms with Crippen molar-refractivity contribution in [1.82, 2.24) is 4.23 Å². The van der Waals surface area contributed by atoms with E-state index in [4.69, 9.17) is 9.47 Å². The maximum absolute atomic E-state index is 9.24. The maximum atomic E-state index is 9.24. The largest absolute Gasteiger partial charge is 0.497 e. The van der Waals surface area contributed by atoms with Crippen LogP contribution in [0, 0.1) is 11.3 Å². The van der Waals surface area contributed by atoms with Crippen molar-refractivity contribution < 1.29 is 9.47 Å². The summed E-state index contributed by atoms with van der Waals surface area (Å²) in [6.07, 6.45) is 2.35. The van der Waals surface area contributed by atoms with Gasteiger partial charge in [0, 0.05) is 28.3 Å². The molecule has 0 radical (unpaired) electrons. The smallest absolute Gasteiger partial charge is 0.169 e. The molecule has 0 aliphatic carbocycles. The van der Waals surface area contributed by atoms with Gasteiger partial charge in [0.15, 0.2) is 8.24 Å². The van der Waals surface area contributed by atoms with Crippen LogP contribution < -0.4 is 14.8 Å². The standard InChI is InChI=1S/C38H43N3O2Si/c1-26(2)44(27(3)4,28(5)6)41-20-19-37-36(9-8-10-38(37)41)31-21-33(40-32-15-11-29(24-39)12-16-32)23-35(22-31)43-25-30-13-17-34(42-7)18-14-30/h8-23,26-28,40H,25H2,1-7H3. The number of hydrogen-bond acceptors (Lipinski definition) is 4. The van der Waals surface area contributed by atoms with Crippen LogP contribution in [0.5, 0.6) is 11.5 Å². The Balaban J connectivity index is 1.59. The van der Waals surface area contributed by atoms with E-state index in [9.17, 15) is 5.26 Å². The number of methoxy groups -OCH3 is 1. The van der Waals surface area contributed by atoms with E-state index in [1.165, 1.54) is 16.5 Å². The lowest BCUT2D eigenvalue weighted by atomic mass is 10.0. The van der Waals surface area contributed by atoms with Crippen molar-refractivity contribution in [2.75, 3.05) is 12.4 Å². The van der Waals surface area contributed by atoms with E-state index < -0.39 is 8.24 Å². The predicted octanol–water partition coefficient (Wildman–Crippen LogP) is 10.5. The molecule has 4 aromatic carbocycles. The second-order valence-corrected chi connectivity index (χ2v) is 18.2. The van der Waals surface area contributed by atoms with E-state index in [-0.39, 0.29) is 0 Å². The molecule has 0 aliphatic rings. The molecule has 0 saturated heterocycles. The van der Waals surface area contributed by atoms with E-state index in [1.54, 1.807) is 7.11 Å². The highest BCUT2D eigenvalue weighted by Crippen LogP contribution is 2.45. The van der Waals surface area contributed by atoms with Gasteiger partial charge in [-0.1, -0.05) is 65.8 Å². The monoisotopic (exact) mass is 601 g/mol. The SMILES string of the molecule is COc1ccc(COc2cc(Nc3ccc(C#N)cc3)cc(-c3cccc4c3ccn4[Si](C(C)C)(C(C)C)C(C)C)c2)cc1. The molecule has 0 bridgehead atoms. The molecule has 0 unspecified atom stereocenters. The molecule has 6 heteroatoms. The first-order chi connectivity index (χ1) is 21.2. The van der Waals surface area contributed by atoms with Crippen LogP contribution in [-0.4, -0.2) is 19.6 Å². The molecule has 1 heterocycles. The minimum Gasteiger partial charge on any atom is -0.497 e. The number of fused-ring (bicyclic) bond motifs is 1. The number of ether oxygens (including phenoxy) is 2. The highest BCUT2D eigenvalue weighted by atomic mass is 28.3. The first-order valence-corrected chi connectivity index (χ1v) is 17.6. The van der Waals surface area contributed by atoms with Crippen LogP contribution in [0.1, 0.15) is 52.7 Å². The van der Waals surface area contributed by atoms with Gasteiger partial charge in [0.1, 0.15) is 18.1 Å². The van der Waals surface area contributed by atoms with Crippen molar-refractivity contribution in [3.63, 3.8) is 0 Å². The molecule has 0 fully saturated rings. The Hall–Kier alpha value is -4.47. The van der Waals surface area contributed by atoms with Crippen LogP contribution in [0.15, 0.2) is 97.2 Å². The second-order valence-electron chi connectivity index (χ2n) is 12.5. The van der Waals surface area contributed by atoms with Crippen LogP contribution in [0.4, 0.5) is 11.4 Å². The molecule has 0 spiro atoms. The number of hydrogen-bond donors (Lipinski definition) is 1. The fraction of sp³-hybridized carbons (Fsp3) is 0.289. The van der Waals surface area contributed by atoms with E-state index in [0.29, 0.717) is 28.8 Å². The molecule has 0 aliphatic heterocycles. The molecule has 5 rings (SSSR count). The molecular weight excluding hydrogens is 559 g/mol. The second kappa shape index (κ2) is 13.0. The maximum Gasteiger partial charge on any atom is 0.169 e. The van der Waals surface area contributed by atoms with E-state index in [2.05, 4.69) is 99.8 Å². The average molecular weight is 602 g/mol. The van der Waals surface area contributed by atoms with Crippen molar-refractivity contribution in [2.45, 2.75) is 64.8 Å². The first kappa shape index (κ1) is 31.0. The van der Waals surface area contributed by atoms with Gasteiger partial charge in [-0.25, -0.2) is 0 Å². The van der Waals surface area contributed by atoms with Gasteiger partial charge in [-0.15, -0.1) is 0 Å². The quantitative estimate of drug-likeness (QED) is 0.153. The zero-order chi connectivity index (χ0) is 31.4.